The number of para-hydroxylation sites is 1. The van der Waals surface area contributed by atoms with Crippen LogP contribution in [0.2, 0.25) is 0 Å². The molecule has 0 aromatic heterocycles. The largest absolute Gasteiger partial charge is 0.502 e. The van der Waals surface area contributed by atoms with E-state index in [9.17, 15) is 30.4 Å². The van der Waals surface area contributed by atoms with Gasteiger partial charge in [0.25, 0.3) is 5.69 Å². The van der Waals surface area contributed by atoms with E-state index >= 15 is 0 Å². The zero-order valence-corrected chi connectivity index (χ0v) is 10.8. The van der Waals surface area contributed by atoms with E-state index in [1.165, 1.54) is 24.3 Å². The van der Waals surface area contributed by atoms with Crippen molar-refractivity contribution in [3.05, 3.63) is 56.6 Å². The Labute approximate surface area is 122 Å². The minimum absolute atomic E-state index is 0.0809. The van der Waals surface area contributed by atoms with Gasteiger partial charge in [-0.05, 0) is 18.2 Å². The molecule has 22 heavy (non-hydrogen) atoms. The molecule has 2 aromatic carbocycles. The third-order valence-electron chi connectivity index (χ3n) is 2.64. The van der Waals surface area contributed by atoms with Crippen LogP contribution in [0.25, 0.3) is 0 Å². The van der Waals surface area contributed by atoms with Crippen molar-refractivity contribution < 1.29 is 20.1 Å². The zero-order valence-electron chi connectivity index (χ0n) is 10.8. The minimum atomic E-state index is -0.978. The quantitative estimate of drug-likeness (QED) is 0.502. The molecular weight excluding hydrogens is 296 g/mol. The maximum absolute atomic E-state index is 10.8. The fraction of sp³-hybridized carbons (Fsp3) is 0. The third kappa shape index (κ3) is 2.80. The highest BCUT2D eigenvalue weighted by molar-refractivity contribution is 5.68. The standard InChI is InChI=1S/C12H8N4O6/c17-10-6-5-8(12(18)11(10)16(21)22)14-13-7-3-1-2-4-9(7)15(19)20/h1-6,17-18H. The van der Waals surface area contributed by atoms with Gasteiger partial charge in [0.1, 0.15) is 5.69 Å². The summed E-state index contributed by atoms with van der Waals surface area (Å²) >= 11 is 0. The molecule has 112 valence electrons. The molecule has 0 saturated carbocycles. The Balaban J connectivity index is 2.46. The lowest BCUT2D eigenvalue weighted by Crippen LogP contribution is -1.89. The lowest BCUT2D eigenvalue weighted by molar-refractivity contribution is -0.386. The second kappa shape index (κ2) is 5.83. The maximum atomic E-state index is 10.8. The molecule has 0 aliphatic carbocycles. The van der Waals surface area contributed by atoms with Gasteiger partial charge in [0, 0.05) is 6.07 Å². The van der Waals surface area contributed by atoms with Crippen molar-refractivity contribution in [3.8, 4) is 11.5 Å². The van der Waals surface area contributed by atoms with Crippen LogP contribution in [0.1, 0.15) is 0 Å². The molecule has 0 aliphatic heterocycles. The molecule has 0 heterocycles. The van der Waals surface area contributed by atoms with Gasteiger partial charge in [-0.1, -0.05) is 12.1 Å². The highest BCUT2D eigenvalue weighted by Crippen LogP contribution is 2.42. The van der Waals surface area contributed by atoms with E-state index in [0.717, 1.165) is 12.1 Å². The summed E-state index contributed by atoms with van der Waals surface area (Å²) in [4.78, 5) is 19.9. The average molecular weight is 304 g/mol. The first kappa shape index (κ1) is 14.8. The number of hydrogen-bond donors (Lipinski definition) is 2. The molecule has 0 radical (unpaired) electrons. The van der Waals surface area contributed by atoms with Crippen molar-refractivity contribution in [3.63, 3.8) is 0 Å². The van der Waals surface area contributed by atoms with E-state index in [4.69, 9.17) is 0 Å². The lowest BCUT2D eigenvalue weighted by Gasteiger charge is -2.01. The van der Waals surface area contributed by atoms with Gasteiger partial charge in [-0.2, -0.15) is 0 Å². The van der Waals surface area contributed by atoms with Crippen LogP contribution in [-0.2, 0) is 0 Å². The van der Waals surface area contributed by atoms with Gasteiger partial charge in [-0.3, -0.25) is 20.2 Å². The molecule has 0 atom stereocenters. The minimum Gasteiger partial charge on any atom is -0.502 e. The van der Waals surface area contributed by atoms with Crippen LogP contribution in [-0.4, -0.2) is 20.1 Å². The van der Waals surface area contributed by atoms with Crippen LogP contribution in [0.5, 0.6) is 11.5 Å². The number of hydrogen-bond acceptors (Lipinski definition) is 8. The summed E-state index contributed by atoms with van der Waals surface area (Å²) in [5.74, 6) is -1.61. The first-order valence-corrected chi connectivity index (χ1v) is 5.76. The molecule has 10 heteroatoms. The summed E-state index contributed by atoms with van der Waals surface area (Å²) in [5.41, 5.74) is -1.61. The zero-order chi connectivity index (χ0) is 16.3. The number of azo groups is 1. The van der Waals surface area contributed by atoms with E-state index in [1.54, 1.807) is 0 Å². The van der Waals surface area contributed by atoms with Crippen molar-refractivity contribution in [2.24, 2.45) is 10.2 Å². The van der Waals surface area contributed by atoms with Crippen LogP contribution in [0.15, 0.2) is 46.6 Å². The summed E-state index contributed by atoms with van der Waals surface area (Å²) in [6.07, 6.45) is 0. The topological polar surface area (TPSA) is 151 Å². The second-order valence-corrected chi connectivity index (χ2v) is 4.00. The number of phenolic OH excluding ortho intramolecular Hbond substituents is 2. The summed E-state index contributed by atoms with van der Waals surface area (Å²) in [5, 5.41) is 47.8. The van der Waals surface area contributed by atoms with E-state index in [0.29, 0.717) is 0 Å². The number of aromatic hydroxyl groups is 2. The maximum Gasteiger partial charge on any atom is 0.354 e. The monoisotopic (exact) mass is 304 g/mol. The van der Waals surface area contributed by atoms with Crippen molar-refractivity contribution in [1.29, 1.82) is 0 Å². The van der Waals surface area contributed by atoms with Crippen LogP contribution < -0.4 is 0 Å². The first-order valence-electron chi connectivity index (χ1n) is 5.76. The number of rotatable bonds is 4. The molecule has 0 fully saturated rings. The molecule has 0 spiro atoms. The summed E-state index contributed by atoms with van der Waals surface area (Å²) < 4.78 is 0. The number of phenols is 2. The highest BCUT2D eigenvalue weighted by Gasteiger charge is 2.23. The third-order valence-corrected chi connectivity index (χ3v) is 2.64. The SMILES string of the molecule is O=[N+]([O-])c1ccccc1N=Nc1ccc(O)c([N+](=O)[O-])c1O. The van der Waals surface area contributed by atoms with Gasteiger partial charge in [-0.15, -0.1) is 10.2 Å². The van der Waals surface area contributed by atoms with Crippen molar-refractivity contribution >= 4 is 22.7 Å². The average Bonchev–Trinajstić information content (AvgIpc) is 2.46. The lowest BCUT2D eigenvalue weighted by atomic mass is 10.2. The fourth-order valence-corrected chi connectivity index (χ4v) is 1.63. The number of nitrogens with zero attached hydrogens (tertiary/aromatic N) is 4. The molecule has 0 unspecified atom stereocenters. The van der Waals surface area contributed by atoms with E-state index in [2.05, 4.69) is 10.2 Å². The summed E-state index contributed by atoms with van der Waals surface area (Å²) in [7, 11) is 0. The van der Waals surface area contributed by atoms with Gasteiger partial charge in [0.2, 0.25) is 5.75 Å². The molecule has 2 rings (SSSR count). The van der Waals surface area contributed by atoms with E-state index in [1.807, 2.05) is 0 Å². The Hall–Kier alpha value is -3.56. The molecule has 10 nitrogen and oxygen atoms in total. The Morgan fingerprint density at radius 3 is 2.14 bits per heavy atom. The molecule has 0 amide bonds. The van der Waals surface area contributed by atoms with Gasteiger partial charge in [0.05, 0.1) is 9.85 Å². The Morgan fingerprint density at radius 2 is 1.50 bits per heavy atom. The van der Waals surface area contributed by atoms with E-state index in [-0.39, 0.29) is 17.1 Å². The van der Waals surface area contributed by atoms with Gasteiger partial charge in [-0.25, -0.2) is 0 Å². The Kier molecular flexibility index (Phi) is 3.93. The molecule has 0 saturated heterocycles. The highest BCUT2D eigenvalue weighted by atomic mass is 16.6. The Bertz CT molecular complexity index is 789. The number of benzene rings is 2. The summed E-state index contributed by atoms with van der Waals surface area (Å²) in [6.45, 7) is 0. The number of nitro benzene ring substituents is 2. The molecule has 2 N–H and O–H groups in total. The predicted molar refractivity (Wildman–Crippen MR) is 73.7 cm³/mol. The molecule has 0 aliphatic rings. The first-order chi connectivity index (χ1) is 10.4. The van der Waals surface area contributed by atoms with Crippen molar-refractivity contribution in [1.82, 2.24) is 0 Å². The smallest absolute Gasteiger partial charge is 0.354 e. The molecule has 2 aromatic rings. The fourth-order valence-electron chi connectivity index (χ4n) is 1.63. The van der Waals surface area contributed by atoms with Crippen molar-refractivity contribution in [2.75, 3.05) is 0 Å². The van der Waals surface area contributed by atoms with Crippen LogP contribution in [0.4, 0.5) is 22.7 Å². The van der Waals surface area contributed by atoms with E-state index < -0.39 is 27.0 Å². The summed E-state index contributed by atoms with van der Waals surface area (Å²) in [6, 6.07) is 7.54. The van der Waals surface area contributed by atoms with Crippen LogP contribution in [0, 0.1) is 20.2 Å². The molecular formula is C12H8N4O6. The normalized spacial score (nSPS) is 10.7. The number of nitro groups is 2. The van der Waals surface area contributed by atoms with Gasteiger partial charge < -0.3 is 10.2 Å². The van der Waals surface area contributed by atoms with Crippen molar-refractivity contribution in [2.45, 2.75) is 0 Å². The van der Waals surface area contributed by atoms with Gasteiger partial charge >= 0.3 is 5.69 Å². The van der Waals surface area contributed by atoms with Crippen LogP contribution in [0.3, 0.4) is 0 Å². The predicted octanol–water partition coefficient (Wildman–Crippen LogP) is 3.33. The van der Waals surface area contributed by atoms with Gasteiger partial charge in [0.15, 0.2) is 11.4 Å². The second-order valence-electron chi connectivity index (χ2n) is 4.00. The Morgan fingerprint density at radius 1 is 0.864 bits per heavy atom. The van der Waals surface area contributed by atoms with Crippen LogP contribution >= 0.6 is 0 Å². The molecule has 0 bridgehead atoms.